The van der Waals surface area contributed by atoms with Crippen LogP contribution in [0.1, 0.15) is 68.7 Å². The molecule has 1 N–H and O–H groups in total. The molecule has 0 aliphatic rings. The number of aliphatic carboxylic acids is 1. The van der Waals surface area contributed by atoms with Crippen LogP contribution < -0.4 is 0 Å². The van der Waals surface area contributed by atoms with Crippen LogP contribution in [0.3, 0.4) is 0 Å². The van der Waals surface area contributed by atoms with E-state index in [0.717, 1.165) is 5.57 Å². The highest BCUT2D eigenvalue weighted by molar-refractivity contribution is 5.67. The molecule has 2 nitrogen and oxygen atoms in total. The van der Waals surface area contributed by atoms with Crippen LogP contribution in [0.4, 0.5) is 0 Å². The lowest BCUT2D eigenvalue weighted by atomic mass is 9.97. The smallest absolute Gasteiger partial charge is 0.303 e. The number of rotatable bonds is 5. The summed E-state index contributed by atoms with van der Waals surface area (Å²) in [7, 11) is 0. The van der Waals surface area contributed by atoms with Gasteiger partial charge in [0, 0.05) is 0 Å². The third-order valence-electron chi connectivity index (χ3n) is 1.89. The summed E-state index contributed by atoms with van der Waals surface area (Å²) in [5.41, 5.74) is 1.05. The molecular weight excluding hydrogens is 248 g/mol. The zero-order valence-corrected chi connectivity index (χ0v) is 15.0. The molecule has 0 bridgehead atoms. The van der Waals surface area contributed by atoms with Crippen LogP contribution in [0.5, 0.6) is 0 Å². The molecule has 0 fully saturated rings. The van der Waals surface area contributed by atoms with Crippen LogP contribution in [0.15, 0.2) is 36.0 Å². The van der Waals surface area contributed by atoms with E-state index in [9.17, 15) is 4.79 Å². The molecule has 0 saturated carbocycles. The fraction of sp³-hybridized carbons (Fsp3) is 0.611. The Morgan fingerprint density at radius 1 is 1.00 bits per heavy atom. The van der Waals surface area contributed by atoms with Crippen molar-refractivity contribution in [3.05, 3.63) is 36.0 Å². The maximum atomic E-state index is 10.5. The van der Waals surface area contributed by atoms with Crippen molar-refractivity contribution in [3.63, 3.8) is 0 Å². The standard InChI is InChI=1S/C12H18O2.3C2H6/c1-4-6-8-11(7-5-2)10(3)9-12(13)14;3*1-2/h4-8,10H,9H2,1-3H3,(H,13,14);3*1-2H3/b6-4-,7-5-,11-8+;;;/t10-;;;/m0.../s1. The van der Waals surface area contributed by atoms with Crippen LogP contribution in [0.25, 0.3) is 0 Å². The zero-order chi connectivity index (χ0) is 17.0. The van der Waals surface area contributed by atoms with Gasteiger partial charge in [-0.15, -0.1) is 0 Å². The minimum atomic E-state index is -0.756. The second kappa shape index (κ2) is 26.3. The maximum absolute atomic E-state index is 10.5. The first kappa shape index (κ1) is 27.1. The monoisotopic (exact) mass is 284 g/mol. The van der Waals surface area contributed by atoms with Gasteiger partial charge in [-0.3, -0.25) is 4.79 Å². The summed E-state index contributed by atoms with van der Waals surface area (Å²) in [5, 5.41) is 8.66. The summed E-state index contributed by atoms with van der Waals surface area (Å²) in [6, 6.07) is 0. The molecule has 2 heteroatoms. The largest absolute Gasteiger partial charge is 0.481 e. The van der Waals surface area contributed by atoms with Crippen LogP contribution in [-0.4, -0.2) is 11.1 Å². The molecule has 120 valence electrons. The SMILES string of the molecule is CC.CC.CC.C\C=C/C=C(\C=C/C)[C@@H](C)CC(=O)O. The van der Waals surface area contributed by atoms with Crippen molar-refractivity contribution in [3.8, 4) is 0 Å². The topological polar surface area (TPSA) is 37.3 Å². The van der Waals surface area contributed by atoms with Gasteiger partial charge in [0.1, 0.15) is 0 Å². The van der Waals surface area contributed by atoms with Crippen molar-refractivity contribution in [2.75, 3.05) is 0 Å². The Hall–Kier alpha value is -1.31. The third-order valence-corrected chi connectivity index (χ3v) is 1.89. The fourth-order valence-electron chi connectivity index (χ4n) is 1.16. The lowest BCUT2D eigenvalue weighted by Gasteiger charge is -2.09. The molecule has 0 aromatic rings. The minimum Gasteiger partial charge on any atom is -0.481 e. The van der Waals surface area contributed by atoms with Gasteiger partial charge in [-0.2, -0.15) is 0 Å². The van der Waals surface area contributed by atoms with Gasteiger partial charge in [0.15, 0.2) is 0 Å². The molecule has 0 amide bonds. The summed E-state index contributed by atoms with van der Waals surface area (Å²) >= 11 is 0. The van der Waals surface area contributed by atoms with Crippen molar-refractivity contribution >= 4 is 5.97 Å². The van der Waals surface area contributed by atoms with Crippen LogP contribution in [0, 0.1) is 5.92 Å². The number of hydrogen-bond donors (Lipinski definition) is 1. The Bertz CT molecular complexity index is 261. The molecule has 0 rings (SSSR count). The molecule has 0 aromatic heterocycles. The Morgan fingerprint density at radius 3 is 1.75 bits per heavy atom. The van der Waals surface area contributed by atoms with E-state index >= 15 is 0 Å². The third kappa shape index (κ3) is 21.9. The van der Waals surface area contributed by atoms with E-state index in [1.807, 2.05) is 92.7 Å². The van der Waals surface area contributed by atoms with Crippen molar-refractivity contribution in [2.45, 2.75) is 68.7 Å². The lowest BCUT2D eigenvalue weighted by molar-refractivity contribution is -0.137. The first-order valence-corrected chi connectivity index (χ1v) is 7.79. The molecule has 0 aliphatic heterocycles. The molecule has 0 unspecified atom stereocenters. The van der Waals surface area contributed by atoms with Crippen molar-refractivity contribution < 1.29 is 9.90 Å². The maximum Gasteiger partial charge on any atom is 0.303 e. The quantitative estimate of drug-likeness (QED) is 0.605. The van der Waals surface area contributed by atoms with E-state index in [0.29, 0.717) is 0 Å². The molecule has 0 aliphatic carbocycles. The van der Waals surface area contributed by atoms with E-state index < -0.39 is 5.97 Å². The highest BCUT2D eigenvalue weighted by Gasteiger charge is 2.09. The number of carbonyl (C=O) groups is 1. The van der Waals surface area contributed by atoms with Gasteiger partial charge >= 0.3 is 5.97 Å². The Kier molecular flexibility index (Phi) is 35.6. The summed E-state index contributed by atoms with van der Waals surface area (Å²) in [6.45, 7) is 17.8. The predicted octanol–water partition coefficient (Wildman–Crippen LogP) is 6.25. The number of hydrogen-bond acceptors (Lipinski definition) is 1. The highest BCUT2D eigenvalue weighted by Crippen LogP contribution is 2.16. The number of allylic oxidation sites excluding steroid dienone is 6. The Morgan fingerprint density at radius 2 is 1.45 bits per heavy atom. The summed E-state index contributed by atoms with van der Waals surface area (Å²) in [4.78, 5) is 10.5. The second-order valence-electron chi connectivity index (χ2n) is 3.19. The van der Waals surface area contributed by atoms with Gasteiger partial charge in [0.05, 0.1) is 6.42 Å². The minimum absolute atomic E-state index is 0.0555. The van der Waals surface area contributed by atoms with E-state index in [-0.39, 0.29) is 12.3 Å². The molecule has 1 atom stereocenters. The van der Waals surface area contributed by atoms with E-state index in [1.165, 1.54) is 0 Å². The van der Waals surface area contributed by atoms with Crippen LogP contribution >= 0.6 is 0 Å². The van der Waals surface area contributed by atoms with Gasteiger partial charge in [0.2, 0.25) is 0 Å². The molecule has 0 saturated heterocycles. The van der Waals surface area contributed by atoms with Crippen LogP contribution in [-0.2, 0) is 4.79 Å². The fourth-order valence-corrected chi connectivity index (χ4v) is 1.16. The first-order valence-electron chi connectivity index (χ1n) is 7.79. The molecule has 0 aromatic carbocycles. The molecular formula is C18H36O2. The first-order chi connectivity index (χ1) is 9.61. The average molecular weight is 284 g/mol. The van der Waals surface area contributed by atoms with Crippen molar-refractivity contribution in [1.82, 2.24) is 0 Å². The van der Waals surface area contributed by atoms with Crippen LogP contribution in [0.2, 0.25) is 0 Å². The number of carboxylic acids is 1. The van der Waals surface area contributed by atoms with Crippen molar-refractivity contribution in [1.29, 1.82) is 0 Å². The van der Waals surface area contributed by atoms with E-state index in [1.54, 1.807) is 0 Å². The van der Waals surface area contributed by atoms with Crippen molar-refractivity contribution in [2.24, 2.45) is 5.92 Å². The summed E-state index contributed by atoms with van der Waals surface area (Å²) in [5.74, 6) is -0.701. The molecule has 0 heterocycles. The van der Waals surface area contributed by atoms with Gasteiger partial charge in [-0.05, 0) is 25.3 Å². The van der Waals surface area contributed by atoms with Gasteiger partial charge in [-0.25, -0.2) is 0 Å². The lowest BCUT2D eigenvalue weighted by Crippen LogP contribution is -2.05. The molecule has 0 radical (unpaired) electrons. The van der Waals surface area contributed by atoms with E-state index in [4.69, 9.17) is 5.11 Å². The van der Waals surface area contributed by atoms with E-state index in [2.05, 4.69) is 0 Å². The summed E-state index contributed by atoms with van der Waals surface area (Å²) < 4.78 is 0. The second-order valence-corrected chi connectivity index (χ2v) is 3.19. The van der Waals surface area contributed by atoms with Gasteiger partial charge in [-0.1, -0.05) is 78.8 Å². The number of carboxylic acid groups (broad SMARTS) is 1. The highest BCUT2D eigenvalue weighted by atomic mass is 16.4. The normalized spacial score (nSPS) is 11.6. The Labute approximate surface area is 127 Å². The van der Waals surface area contributed by atoms with Gasteiger partial charge < -0.3 is 5.11 Å². The zero-order valence-electron chi connectivity index (χ0n) is 15.0. The Balaban J connectivity index is -0.000000187. The predicted molar refractivity (Wildman–Crippen MR) is 93.2 cm³/mol. The molecule has 20 heavy (non-hydrogen) atoms. The van der Waals surface area contributed by atoms with Gasteiger partial charge in [0.25, 0.3) is 0 Å². The molecule has 0 spiro atoms. The summed E-state index contributed by atoms with van der Waals surface area (Å²) in [6.07, 6.45) is 9.85. The average Bonchev–Trinajstić information content (AvgIpc) is 2.49.